The van der Waals surface area contributed by atoms with Crippen molar-refractivity contribution in [1.82, 2.24) is 29.9 Å². The Balaban J connectivity index is 1.29. The molecule has 0 unspecified atom stereocenters. The smallest absolute Gasteiger partial charge is 0.154 e. The molecule has 0 radical (unpaired) electrons. The molecule has 0 aliphatic carbocycles. The van der Waals surface area contributed by atoms with Crippen LogP contribution in [0.4, 0.5) is 11.6 Å². The number of rotatable bonds is 5. The monoisotopic (exact) mass is 443 g/mol. The second-order valence-electron chi connectivity index (χ2n) is 8.67. The largest absolute Gasteiger partial charge is 0.488 e. The summed E-state index contributed by atoms with van der Waals surface area (Å²) in [5.74, 6) is 2.23. The number of ether oxygens (including phenoxy) is 2. The molecule has 6 rings (SSSR count). The van der Waals surface area contributed by atoms with Gasteiger partial charge in [-0.05, 0) is 36.8 Å². The van der Waals surface area contributed by atoms with Crippen LogP contribution in [0.1, 0.15) is 18.5 Å². The molecule has 4 aromatic rings. The molecule has 0 aromatic carbocycles. The van der Waals surface area contributed by atoms with Gasteiger partial charge in [-0.1, -0.05) is 0 Å². The van der Waals surface area contributed by atoms with Crippen LogP contribution in [0.2, 0.25) is 0 Å². The summed E-state index contributed by atoms with van der Waals surface area (Å²) in [6.07, 6.45) is 9.03. The Hall–Kier alpha value is -3.56. The van der Waals surface area contributed by atoms with Gasteiger partial charge in [-0.25, -0.2) is 14.5 Å². The van der Waals surface area contributed by atoms with Crippen LogP contribution in [-0.4, -0.2) is 56.0 Å². The summed E-state index contributed by atoms with van der Waals surface area (Å²) < 4.78 is 14.0. The standard InChI is InChI=1S/C24H25N7O2/c1-15-6-21(22(11-26-15)33-20-8-17-12-32-13-18(9-20)28-17)16-3-5-31-19(7-16)10-24(30-31)29-23-2-4-25-14-27-23/h2-7,10-11,14,17-18,20,28H,8-9,12-13H2,1H3,(H,25,27,29,30)/t17-,18+,20-. The molecule has 2 bridgehead atoms. The molecular weight excluding hydrogens is 418 g/mol. The van der Waals surface area contributed by atoms with E-state index in [0.29, 0.717) is 17.9 Å². The minimum absolute atomic E-state index is 0.149. The topological polar surface area (TPSA) is 98.5 Å². The van der Waals surface area contributed by atoms with Crippen LogP contribution in [0, 0.1) is 6.92 Å². The summed E-state index contributed by atoms with van der Waals surface area (Å²) in [5.41, 5.74) is 4.02. The molecule has 2 fully saturated rings. The Morgan fingerprint density at radius 1 is 1.09 bits per heavy atom. The molecule has 0 spiro atoms. The fraction of sp³-hybridized carbons (Fsp3) is 0.333. The third kappa shape index (κ3) is 4.24. The van der Waals surface area contributed by atoms with Gasteiger partial charge in [0.2, 0.25) is 0 Å². The summed E-state index contributed by atoms with van der Waals surface area (Å²) >= 11 is 0. The van der Waals surface area contributed by atoms with Crippen molar-refractivity contribution >= 4 is 17.2 Å². The van der Waals surface area contributed by atoms with E-state index in [4.69, 9.17) is 9.47 Å². The first kappa shape index (κ1) is 20.1. The zero-order valence-corrected chi connectivity index (χ0v) is 18.3. The molecule has 4 aromatic heterocycles. The normalized spacial score (nSPS) is 22.3. The first-order chi connectivity index (χ1) is 16.2. The van der Waals surface area contributed by atoms with Gasteiger partial charge in [0, 0.05) is 54.6 Å². The maximum atomic E-state index is 6.52. The third-order valence-electron chi connectivity index (χ3n) is 6.11. The second kappa shape index (κ2) is 8.42. The molecule has 33 heavy (non-hydrogen) atoms. The quantitative estimate of drug-likeness (QED) is 0.485. The van der Waals surface area contributed by atoms with Gasteiger partial charge in [-0.2, -0.15) is 5.10 Å². The van der Waals surface area contributed by atoms with E-state index in [0.717, 1.165) is 60.0 Å². The number of fused-ring (bicyclic) bond motifs is 3. The van der Waals surface area contributed by atoms with E-state index in [1.807, 2.05) is 29.9 Å². The van der Waals surface area contributed by atoms with Crippen LogP contribution >= 0.6 is 0 Å². The molecule has 2 aliphatic heterocycles. The number of pyridine rings is 2. The van der Waals surface area contributed by atoms with E-state index < -0.39 is 0 Å². The first-order valence-corrected chi connectivity index (χ1v) is 11.2. The van der Waals surface area contributed by atoms with E-state index in [-0.39, 0.29) is 6.10 Å². The molecule has 2 aliphatic rings. The third-order valence-corrected chi connectivity index (χ3v) is 6.11. The van der Waals surface area contributed by atoms with Crippen molar-refractivity contribution in [2.75, 3.05) is 18.5 Å². The fourth-order valence-electron chi connectivity index (χ4n) is 4.65. The minimum Gasteiger partial charge on any atom is -0.488 e. The highest BCUT2D eigenvalue weighted by atomic mass is 16.5. The lowest BCUT2D eigenvalue weighted by atomic mass is 9.94. The Morgan fingerprint density at radius 2 is 1.97 bits per heavy atom. The average molecular weight is 444 g/mol. The molecule has 2 saturated heterocycles. The lowest BCUT2D eigenvalue weighted by molar-refractivity contribution is -0.0122. The van der Waals surface area contributed by atoms with Crippen LogP contribution in [0.25, 0.3) is 16.6 Å². The van der Waals surface area contributed by atoms with Gasteiger partial charge in [-0.3, -0.25) is 4.98 Å². The van der Waals surface area contributed by atoms with Crippen molar-refractivity contribution in [3.8, 4) is 16.9 Å². The van der Waals surface area contributed by atoms with Gasteiger partial charge < -0.3 is 20.1 Å². The van der Waals surface area contributed by atoms with Crippen molar-refractivity contribution in [2.24, 2.45) is 0 Å². The maximum Gasteiger partial charge on any atom is 0.154 e. The zero-order chi connectivity index (χ0) is 22.2. The number of morpholine rings is 1. The van der Waals surface area contributed by atoms with Crippen LogP contribution in [0.3, 0.4) is 0 Å². The van der Waals surface area contributed by atoms with Crippen LogP contribution in [0.15, 0.2) is 55.2 Å². The number of aryl methyl sites for hydroxylation is 1. The van der Waals surface area contributed by atoms with Gasteiger partial charge in [0.25, 0.3) is 0 Å². The van der Waals surface area contributed by atoms with Crippen LogP contribution in [-0.2, 0) is 4.74 Å². The fourth-order valence-corrected chi connectivity index (χ4v) is 4.65. The summed E-state index contributed by atoms with van der Waals surface area (Å²) in [6, 6.07) is 10.8. The lowest BCUT2D eigenvalue weighted by Crippen LogP contribution is -2.56. The molecular formula is C24H25N7O2. The molecule has 9 nitrogen and oxygen atoms in total. The first-order valence-electron chi connectivity index (χ1n) is 11.2. The highest BCUT2D eigenvalue weighted by molar-refractivity contribution is 5.75. The Labute approximate surface area is 191 Å². The number of aromatic nitrogens is 5. The van der Waals surface area contributed by atoms with Gasteiger partial charge in [0.1, 0.15) is 24.0 Å². The Bertz CT molecular complexity index is 1260. The van der Waals surface area contributed by atoms with E-state index in [1.54, 1.807) is 12.3 Å². The summed E-state index contributed by atoms with van der Waals surface area (Å²) in [5, 5.41) is 11.4. The van der Waals surface area contributed by atoms with Gasteiger partial charge in [0.05, 0.1) is 24.9 Å². The predicted molar refractivity (Wildman–Crippen MR) is 124 cm³/mol. The molecule has 168 valence electrons. The van der Waals surface area contributed by atoms with E-state index in [1.165, 1.54) is 6.33 Å². The number of nitrogens with one attached hydrogen (secondary N) is 2. The number of piperidine rings is 1. The molecule has 9 heteroatoms. The van der Waals surface area contributed by atoms with Crippen molar-refractivity contribution in [3.63, 3.8) is 0 Å². The summed E-state index contributed by atoms with van der Waals surface area (Å²) in [6.45, 7) is 3.50. The molecule has 0 amide bonds. The van der Waals surface area contributed by atoms with E-state index in [9.17, 15) is 0 Å². The van der Waals surface area contributed by atoms with Crippen molar-refractivity contribution in [3.05, 3.63) is 60.9 Å². The maximum absolute atomic E-state index is 6.52. The van der Waals surface area contributed by atoms with Crippen LogP contribution < -0.4 is 15.4 Å². The van der Waals surface area contributed by atoms with Gasteiger partial charge in [0.15, 0.2) is 5.82 Å². The molecule has 6 heterocycles. The average Bonchev–Trinajstić information content (AvgIpc) is 3.22. The highest BCUT2D eigenvalue weighted by Gasteiger charge is 2.33. The summed E-state index contributed by atoms with van der Waals surface area (Å²) in [7, 11) is 0. The second-order valence-corrected chi connectivity index (χ2v) is 8.67. The van der Waals surface area contributed by atoms with E-state index >= 15 is 0 Å². The van der Waals surface area contributed by atoms with Gasteiger partial charge in [-0.15, -0.1) is 0 Å². The SMILES string of the molecule is Cc1cc(-c2ccn3nc(Nc4ccncn4)cc3c2)c(O[C@H]2C[C@H]3COC[C@@H](C2)N3)cn1. The summed E-state index contributed by atoms with van der Waals surface area (Å²) in [4.78, 5) is 12.7. The van der Waals surface area contributed by atoms with Crippen molar-refractivity contribution in [2.45, 2.75) is 38.0 Å². The Kier molecular flexibility index (Phi) is 5.12. The van der Waals surface area contributed by atoms with E-state index in [2.05, 4.69) is 48.9 Å². The molecule has 2 N–H and O–H groups in total. The highest BCUT2D eigenvalue weighted by Crippen LogP contribution is 2.34. The molecule has 3 atom stereocenters. The number of nitrogens with zero attached hydrogens (tertiary/aromatic N) is 5. The number of hydrogen-bond donors (Lipinski definition) is 2. The van der Waals surface area contributed by atoms with Gasteiger partial charge >= 0.3 is 0 Å². The number of hydrogen-bond acceptors (Lipinski definition) is 8. The van der Waals surface area contributed by atoms with Crippen molar-refractivity contribution in [1.29, 1.82) is 0 Å². The zero-order valence-electron chi connectivity index (χ0n) is 18.3. The Morgan fingerprint density at radius 3 is 2.79 bits per heavy atom. The van der Waals surface area contributed by atoms with Crippen molar-refractivity contribution < 1.29 is 9.47 Å². The molecule has 0 saturated carbocycles. The van der Waals surface area contributed by atoms with Crippen LogP contribution in [0.5, 0.6) is 5.75 Å². The minimum atomic E-state index is 0.149. The predicted octanol–water partition coefficient (Wildman–Crippen LogP) is 3.14. The lowest BCUT2D eigenvalue weighted by Gasteiger charge is -2.40. The number of anilines is 2.